The second-order valence-corrected chi connectivity index (χ2v) is 7.95. The van der Waals surface area contributed by atoms with E-state index in [1.165, 1.54) is 0 Å². The van der Waals surface area contributed by atoms with Crippen LogP contribution < -0.4 is 0 Å². The molecule has 1 atom stereocenters. The van der Waals surface area contributed by atoms with Gasteiger partial charge in [-0.15, -0.1) is 0 Å². The van der Waals surface area contributed by atoms with Crippen molar-refractivity contribution in [1.29, 1.82) is 0 Å². The number of aliphatic hydroxyl groups excluding tert-OH is 1. The number of carbonyl (C=O) groups excluding carboxylic acids is 2. The van der Waals surface area contributed by atoms with Crippen LogP contribution in [0.5, 0.6) is 0 Å². The van der Waals surface area contributed by atoms with Crippen molar-refractivity contribution in [3.05, 3.63) is 77.0 Å². The average molecular weight is 434 g/mol. The van der Waals surface area contributed by atoms with Gasteiger partial charge in [0.05, 0.1) is 11.6 Å². The second kappa shape index (κ2) is 8.96. The van der Waals surface area contributed by atoms with E-state index in [0.717, 1.165) is 24.0 Å². The number of benzene rings is 1. The Kier molecular flexibility index (Phi) is 6.10. The normalized spacial score (nSPS) is 16.6. The van der Waals surface area contributed by atoms with Gasteiger partial charge in [0.25, 0.3) is 5.91 Å². The summed E-state index contributed by atoms with van der Waals surface area (Å²) < 4.78 is 5.79. The Morgan fingerprint density at radius 2 is 1.88 bits per heavy atom. The lowest BCUT2D eigenvalue weighted by molar-refractivity contribution is -0.129. The topological polar surface area (TPSA) is 86.9 Å². The van der Waals surface area contributed by atoms with Crippen LogP contribution in [0, 0.1) is 6.92 Å². The highest BCUT2D eigenvalue weighted by atomic mass is 16.3. The first-order valence-electron chi connectivity index (χ1n) is 10.9. The number of Topliss-reactive ketones (excluding diaryl/α,β-unsaturated/α-hetero) is 1. The zero-order valence-electron chi connectivity index (χ0n) is 18.5. The number of aryl methyl sites for hydroxylation is 1. The van der Waals surface area contributed by atoms with Gasteiger partial charge in [-0.2, -0.15) is 0 Å². The number of carbonyl (C=O) groups is 2. The fraction of sp³-hybridized carbons (Fsp3) is 0.320. The van der Waals surface area contributed by atoms with Crippen molar-refractivity contribution >= 4 is 22.7 Å². The molecule has 0 saturated heterocycles. The number of aliphatic hydroxyl groups is 1. The minimum absolute atomic E-state index is 0.0384. The van der Waals surface area contributed by atoms with Crippen molar-refractivity contribution in [1.82, 2.24) is 14.8 Å². The Bertz CT molecular complexity index is 1180. The number of rotatable bonds is 8. The highest BCUT2D eigenvalue weighted by molar-refractivity contribution is 6.16. The molecule has 7 heteroatoms. The maximum Gasteiger partial charge on any atom is 0.290 e. The molecule has 32 heavy (non-hydrogen) atoms. The van der Waals surface area contributed by atoms with E-state index >= 15 is 0 Å². The molecule has 0 fully saturated rings. The van der Waals surface area contributed by atoms with E-state index in [2.05, 4.69) is 23.7 Å². The summed E-state index contributed by atoms with van der Waals surface area (Å²) in [6, 6.07) is 10.1. The molecule has 0 aliphatic carbocycles. The molecule has 1 unspecified atom stereocenters. The smallest absolute Gasteiger partial charge is 0.290 e. The number of furan rings is 1. The van der Waals surface area contributed by atoms with Crippen LogP contribution >= 0.6 is 0 Å². The summed E-state index contributed by atoms with van der Waals surface area (Å²) in [4.78, 5) is 34.4. The van der Waals surface area contributed by atoms with Crippen molar-refractivity contribution in [3.8, 4) is 0 Å². The number of hydrogen-bond acceptors (Lipinski definition) is 6. The van der Waals surface area contributed by atoms with Gasteiger partial charge in [0.1, 0.15) is 5.58 Å². The number of fused-ring (bicyclic) bond motifs is 1. The van der Waals surface area contributed by atoms with E-state index in [-0.39, 0.29) is 11.3 Å². The van der Waals surface area contributed by atoms with Crippen molar-refractivity contribution in [3.63, 3.8) is 0 Å². The Balaban J connectivity index is 1.73. The molecule has 1 amide bonds. The zero-order chi connectivity index (χ0) is 22.8. The van der Waals surface area contributed by atoms with E-state index in [0.29, 0.717) is 24.2 Å². The van der Waals surface area contributed by atoms with Crippen molar-refractivity contribution in [2.45, 2.75) is 26.8 Å². The first-order chi connectivity index (χ1) is 15.4. The number of aromatic nitrogens is 1. The third-order valence-corrected chi connectivity index (χ3v) is 6.02. The molecule has 7 nitrogen and oxygen atoms in total. The van der Waals surface area contributed by atoms with Crippen LogP contribution in [0.25, 0.3) is 11.0 Å². The van der Waals surface area contributed by atoms with Gasteiger partial charge < -0.3 is 19.3 Å². The summed E-state index contributed by atoms with van der Waals surface area (Å²) in [5.74, 6) is -1.45. The molecule has 3 aromatic rings. The summed E-state index contributed by atoms with van der Waals surface area (Å²) in [5.41, 5.74) is 2.39. The molecule has 3 heterocycles. The predicted octanol–water partition coefficient (Wildman–Crippen LogP) is 4.06. The summed E-state index contributed by atoms with van der Waals surface area (Å²) >= 11 is 0. The highest BCUT2D eigenvalue weighted by Crippen LogP contribution is 2.39. The van der Waals surface area contributed by atoms with Crippen LogP contribution in [-0.4, -0.2) is 57.8 Å². The lowest BCUT2D eigenvalue weighted by Crippen LogP contribution is -2.38. The molecule has 4 rings (SSSR count). The summed E-state index contributed by atoms with van der Waals surface area (Å²) in [7, 11) is 0. The van der Waals surface area contributed by atoms with Crippen LogP contribution in [0.4, 0.5) is 0 Å². The number of likely N-dealkylation sites (N-methyl/N-ethyl adjacent to an activating group) is 1. The number of ketones is 1. The minimum Gasteiger partial charge on any atom is -0.503 e. The molecule has 0 bridgehead atoms. The fourth-order valence-electron chi connectivity index (χ4n) is 4.20. The molecular formula is C25H27N3O4. The van der Waals surface area contributed by atoms with E-state index in [4.69, 9.17) is 4.42 Å². The third-order valence-electron chi connectivity index (χ3n) is 6.02. The number of amides is 1. The van der Waals surface area contributed by atoms with Gasteiger partial charge in [-0.3, -0.25) is 14.6 Å². The maximum absolute atomic E-state index is 13.5. The van der Waals surface area contributed by atoms with Crippen LogP contribution in [-0.2, 0) is 4.79 Å². The largest absolute Gasteiger partial charge is 0.503 e. The number of pyridine rings is 1. The van der Waals surface area contributed by atoms with E-state index in [1.807, 2.05) is 25.1 Å². The van der Waals surface area contributed by atoms with Gasteiger partial charge in [-0.05, 0) is 55.9 Å². The van der Waals surface area contributed by atoms with E-state index in [1.54, 1.807) is 35.5 Å². The van der Waals surface area contributed by atoms with Gasteiger partial charge >= 0.3 is 0 Å². The van der Waals surface area contributed by atoms with Crippen molar-refractivity contribution in [2.24, 2.45) is 0 Å². The quantitative estimate of drug-likeness (QED) is 0.539. The Morgan fingerprint density at radius 3 is 2.56 bits per heavy atom. The standard InChI is InChI=1S/C25H27N3O4/c1-4-27(5-2)12-13-28-22(17-8-10-26-11-9-17)21(24(30)25(28)31)23(29)20-15-18-14-16(3)6-7-19(18)32-20/h6-11,14-15,22,30H,4-5,12-13H2,1-3H3. The monoisotopic (exact) mass is 433 g/mol. The van der Waals surface area contributed by atoms with E-state index < -0.39 is 23.5 Å². The van der Waals surface area contributed by atoms with Gasteiger partial charge in [0, 0.05) is 30.9 Å². The molecule has 2 aromatic heterocycles. The third kappa shape index (κ3) is 3.91. The van der Waals surface area contributed by atoms with Gasteiger partial charge in [-0.1, -0.05) is 25.5 Å². The summed E-state index contributed by atoms with van der Waals surface area (Å²) in [6.45, 7) is 8.80. The van der Waals surface area contributed by atoms with Crippen LogP contribution in [0.3, 0.4) is 0 Å². The molecular weight excluding hydrogens is 406 g/mol. The predicted molar refractivity (Wildman–Crippen MR) is 121 cm³/mol. The molecule has 166 valence electrons. The first kappa shape index (κ1) is 21.8. The minimum atomic E-state index is -0.705. The second-order valence-electron chi connectivity index (χ2n) is 7.95. The number of nitrogens with zero attached hydrogens (tertiary/aromatic N) is 3. The lowest BCUT2D eigenvalue weighted by atomic mass is 9.95. The van der Waals surface area contributed by atoms with Gasteiger partial charge in [-0.25, -0.2) is 0 Å². The van der Waals surface area contributed by atoms with Crippen LogP contribution in [0.15, 0.2) is 64.5 Å². The SMILES string of the molecule is CCN(CC)CCN1C(=O)C(O)=C(C(=O)c2cc3cc(C)ccc3o2)C1c1ccncc1. The van der Waals surface area contributed by atoms with Crippen LogP contribution in [0.1, 0.15) is 41.6 Å². The van der Waals surface area contributed by atoms with Crippen LogP contribution in [0.2, 0.25) is 0 Å². The number of hydrogen-bond donors (Lipinski definition) is 1. The summed E-state index contributed by atoms with van der Waals surface area (Å²) in [5, 5.41) is 11.6. The van der Waals surface area contributed by atoms with Crippen molar-refractivity contribution < 1.29 is 19.1 Å². The van der Waals surface area contributed by atoms with Gasteiger partial charge in [0.2, 0.25) is 5.78 Å². The molecule has 1 N–H and O–H groups in total. The molecule has 1 aliphatic heterocycles. The van der Waals surface area contributed by atoms with E-state index in [9.17, 15) is 14.7 Å². The van der Waals surface area contributed by atoms with Crippen molar-refractivity contribution in [2.75, 3.05) is 26.2 Å². The van der Waals surface area contributed by atoms with Gasteiger partial charge in [0.15, 0.2) is 11.5 Å². The average Bonchev–Trinajstić information content (AvgIpc) is 3.33. The maximum atomic E-state index is 13.5. The fourth-order valence-corrected chi connectivity index (χ4v) is 4.20. The molecule has 1 aliphatic rings. The lowest BCUT2D eigenvalue weighted by Gasteiger charge is -2.29. The molecule has 0 radical (unpaired) electrons. The zero-order valence-corrected chi connectivity index (χ0v) is 18.5. The molecule has 1 aromatic carbocycles. The first-order valence-corrected chi connectivity index (χ1v) is 10.9. The Morgan fingerprint density at radius 1 is 1.16 bits per heavy atom. The summed E-state index contributed by atoms with van der Waals surface area (Å²) in [6.07, 6.45) is 3.23. The Labute approximate surface area is 187 Å². The molecule has 0 spiro atoms. The molecule has 0 saturated carbocycles. The Hall–Kier alpha value is -3.45. The highest BCUT2D eigenvalue weighted by Gasteiger charge is 2.44.